The van der Waals surface area contributed by atoms with Crippen LogP contribution in [0.4, 0.5) is 4.39 Å². The number of hydrogen-bond acceptors (Lipinski definition) is 3. The fraction of sp³-hybridized carbons (Fsp3) is 0.267. The third-order valence-corrected chi connectivity index (χ3v) is 3.14. The molecule has 1 heterocycles. The SMILES string of the molecule is COc1cc(C(O)C(C)c2ccccn2)ccc1F. The molecule has 0 saturated heterocycles. The minimum atomic E-state index is -0.760. The normalized spacial score (nSPS) is 13.9. The number of rotatable bonds is 4. The van der Waals surface area contributed by atoms with Crippen LogP contribution in [0.15, 0.2) is 42.6 Å². The lowest BCUT2D eigenvalue weighted by Gasteiger charge is -2.19. The number of pyridine rings is 1. The summed E-state index contributed by atoms with van der Waals surface area (Å²) in [5.74, 6) is -0.495. The summed E-state index contributed by atoms with van der Waals surface area (Å²) in [5.41, 5.74) is 1.40. The Labute approximate surface area is 111 Å². The molecule has 1 aromatic carbocycles. The minimum absolute atomic E-state index is 0.129. The number of hydrogen-bond donors (Lipinski definition) is 1. The van der Waals surface area contributed by atoms with E-state index in [-0.39, 0.29) is 11.7 Å². The van der Waals surface area contributed by atoms with Gasteiger partial charge in [0.1, 0.15) is 0 Å². The van der Waals surface area contributed by atoms with Gasteiger partial charge in [-0.15, -0.1) is 0 Å². The topological polar surface area (TPSA) is 42.4 Å². The van der Waals surface area contributed by atoms with E-state index in [1.165, 1.54) is 19.2 Å². The highest BCUT2D eigenvalue weighted by atomic mass is 19.1. The molecule has 0 amide bonds. The molecule has 0 spiro atoms. The van der Waals surface area contributed by atoms with Gasteiger partial charge in [0.2, 0.25) is 0 Å². The first kappa shape index (κ1) is 13.5. The van der Waals surface area contributed by atoms with Crippen LogP contribution < -0.4 is 4.74 Å². The van der Waals surface area contributed by atoms with Crippen LogP contribution in [0.3, 0.4) is 0 Å². The number of halogens is 1. The molecule has 1 aromatic heterocycles. The Balaban J connectivity index is 2.26. The van der Waals surface area contributed by atoms with Crippen LogP contribution in [0, 0.1) is 5.82 Å². The first-order valence-corrected chi connectivity index (χ1v) is 6.06. The molecule has 1 N–H and O–H groups in total. The first-order valence-electron chi connectivity index (χ1n) is 6.06. The van der Waals surface area contributed by atoms with E-state index in [9.17, 15) is 9.50 Å². The number of nitrogens with zero attached hydrogens (tertiary/aromatic N) is 1. The van der Waals surface area contributed by atoms with Gasteiger partial charge in [0.05, 0.1) is 13.2 Å². The summed E-state index contributed by atoms with van der Waals surface area (Å²) in [6.07, 6.45) is 0.925. The highest BCUT2D eigenvalue weighted by Crippen LogP contribution is 2.31. The van der Waals surface area contributed by atoms with Gasteiger partial charge >= 0.3 is 0 Å². The van der Waals surface area contributed by atoms with Crippen LogP contribution in [-0.4, -0.2) is 17.2 Å². The van der Waals surface area contributed by atoms with Crippen LogP contribution in [0.1, 0.15) is 30.2 Å². The van der Waals surface area contributed by atoms with E-state index >= 15 is 0 Å². The van der Waals surface area contributed by atoms with Crippen LogP contribution >= 0.6 is 0 Å². The van der Waals surface area contributed by atoms with Crippen LogP contribution in [0.25, 0.3) is 0 Å². The van der Waals surface area contributed by atoms with E-state index in [0.29, 0.717) is 5.56 Å². The van der Waals surface area contributed by atoms with Gasteiger partial charge in [0.25, 0.3) is 0 Å². The van der Waals surface area contributed by atoms with Gasteiger partial charge in [-0.1, -0.05) is 19.1 Å². The molecular formula is C15H16FNO2. The first-order chi connectivity index (χ1) is 9.13. The van der Waals surface area contributed by atoms with Gasteiger partial charge in [-0.25, -0.2) is 4.39 Å². The van der Waals surface area contributed by atoms with E-state index in [2.05, 4.69) is 4.98 Å². The summed E-state index contributed by atoms with van der Waals surface area (Å²) in [7, 11) is 1.40. The Bertz CT molecular complexity index is 545. The molecule has 0 fully saturated rings. The molecule has 0 bridgehead atoms. The summed E-state index contributed by atoms with van der Waals surface area (Å²) in [5, 5.41) is 10.3. The monoisotopic (exact) mass is 261 g/mol. The summed E-state index contributed by atoms with van der Waals surface area (Å²) in [6, 6.07) is 9.92. The maximum absolute atomic E-state index is 13.3. The Morgan fingerprint density at radius 3 is 2.68 bits per heavy atom. The maximum Gasteiger partial charge on any atom is 0.165 e. The lowest BCUT2D eigenvalue weighted by atomic mass is 9.94. The summed E-state index contributed by atoms with van der Waals surface area (Å²) >= 11 is 0. The van der Waals surface area contributed by atoms with Gasteiger partial charge < -0.3 is 9.84 Å². The summed E-state index contributed by atoms with van der Waals surface area (Å²) in [6.45, 7) is 1.88. The molecule has 19 heavy (non-hydrogen) atoms. The Morgan fingerprint density at radius 2 is 2.05 bits per heavy atom. The Kier molecular flexibility index (Phi) is 4.12. The quantitative estimate of drug-likeness (QED) is 0.919. The van der Waals surface area contributed by atoms with E-state index in [4.69, 9.17) is 4.74 Å². The number of methoxy groups -OCH3 is 1. The number of benzene rings is 1. The number of ether oxygens (including phenoxy) is 1. The van der Waals surface area contributed by atoms with Crippen molar-refractivity contribution in [1.29, 1.82) is 0 Å². The molecular weight excluding hydrogens is 245 g/mol. The van der Waals surface area contributed by atoms with Crippen molar-refractivity contribution in [1.82, 2.24) is 4.98 Å². The third kappa shape index (κ3) is 2.90. The molecule has 2 unspecified atom stereocenters. The molecule has 0 aliphatic rings. The fourth-order valence-corrected chi connectivity index (χ4v) is 1.96. The Hall–Kier alpha value is -1.94. The van der Waals surface area contributed by atoms with E-state index < -0.39 is 11.9 Å². The molecule has 0 radical (unpaired) electrons. The summed E-state index contributed by atoms with van der Waals surface area (Å²) in [4.78, 5) is 4.22. The molecule has 0 aliphatic heterocycles. The van der Waals surface area contributed by atoms with Crippen LogP contribution in [0.5, 0.6) is 5.75 Å². The van der Waals surface area contributed by atoms with Crippen LogP contribution in [-0.2, 0) is 0 Å². The van der Waals surface area contributed by atoms with Gasteiger partial charge in [-0.3, -0.25) is 4.98 Å². The third-order valence-electron chi connectivity index (χ3n) is 3.14. The molecule has 0 aliphatic carbocycles. The van der Waals surface area contributed by atoms with Crippen molar-refractivity contribution in [3.63, 3.8) is 0 Å². The van der Waals surface area contributed by atoms with Crippen LogP contribution in [0.2, 0.25) is 0 Å². The van der Waals surface area contributed by atoms with Crippen molar-refractivity contribution in [3.05, 3.63) is 59.7 Å². The lowest BCUT2D eigenvalue weighted by molar-refractivity contribution is 0.149. The molecule has 2 atom stereocenters. The zero-order valence-corrected chi connectivity index (χ0v) is 10.9. The molecule has 2 rings (SSSR count). The van der Waals surface area contributed by atoms with E-state index in [0.717, 1.165) is 5.69 Å². The Morgan fingerprint density at radius 1 is 1.26 bits per heavy atom. The second-order valence-electron chi connectivity index (χ2n) is 4.38. The zero-order valence-electron chi connectivity index (χ0n) is 10.9. The fourth-order valence-electron chi connectivity index (χ4n) is 1.96. The van der Waals surface area contributed by atoms with Gasteiger partial charge in [0, 0.05) is 17.8 Å². The smallest absolute Gasteiger partial charge is 0.165 e. The van der Waals surface area contributed by atoms with Gasteiger partial charge in [-0.2, -0.15) is 0 Å². The van der Waals surface area contributed by atoms with Crippen molar-refractivity contribution in [2.45, 2.75) is 18.9 Å². The molecule has 0 saturated carbocycles. The minimum Gasteiger partial charge on any atom is -0.494 e. The van der Waals surface area contributed by atoms with E-state index in [1.54, 1.807) is 12.3 Å². The standard InChI is InChI=1S/C15H16FNO2/c1-10(13-5-3-4-8-17-13)15(18)11-6-7-12(16)14(9-11)19-2/h3-10,15,18H,1-2H3. The average Bonchev–Trinajstić information content (AvgIpc) is 2.47. The predicted octanol–water partition coefficient (Wildman–Crippen LogP) is 3.07. The van der Waals surface area contributed by atoms with Crippen molar-refractivity contribution in [2.24, 2.45) is 0 Å². The molecule has 2 aromatic rings. The molecule has 100 valence electrons. The van der Waals surface area contributed by atoms with Crippen molar-refractivity contribution in [2.75, 3.05) is 7.11 Å². The predicted molar refractivity (Wildman–Crippen MR) is 70.6 cm³/mol. The maximum atomic E-state index is 13.3. The zero-order chi connectivity index (χ0) is 13.8. The second-order valence-corrected chi connectivity index (χ2v) is 4.38. The number of aliphatic hydroxyl groups is 1. The lowest BCUT2D eigenvalue weighted by Crippen LogP contribution is -2.09. The van der Waals surface area contributed by atoms with Gasteiger partial charge in [-0.05, 0) is 29.8 Å². The van der Waals surface area contributed by atoms with Crippen molar-refractivity contribution >= 4 is 0 Å². The largest absolute Gasteiger partial charge is 0.494 e. The molecule has 4 heteroatoms. The van der Waals surface area contributed by atoms with Crippen molar-refractivity contribution in [3.8, 4) is 5.75 Å². The second kappa shape index (κ2) is 5.80. The highest BCUT2D eigenvalue weighted by Gasteiger charge is 2.20. The number of aromatic nitrogens is 1. The highest BCUT2D eigenvalue weighted by molar-refractivity contribution is 5.33. The number of aliphatic hydroxyl groups excluding tert-OH is 1. The van der Waals surface area contributed by atoms with Crippen molar-refractivity contribution < 1.29 is 14.2 Å². The van der Waals surface area contributed by atoms with Gasteiger partial charge in [0.15, 0.2) is 11.6 Å². The van der Waals surface area contributed by atoms with E-state index in [1.807, 2.05) is 25.1 Å². The average molecular weight is 261 g/mol. The molecule has 3 nitrogen and oxygen atoms in total. The summed E-state index contributed by atoms with van der Waals surface area (Å²) < 4.78 is 18.3.